The van der Waals surface area contributed by atoms with Gasteiger partial charge in [-0.25, -0.2) is 0 Å². The monoisotopic (exact) mass is 308 g/mol. The molecule has 0 aliphatic rings. The van der Waals surface area contributed by atoms with Crippen molar-refractivity contribution in [3.05, 3.63) is 60.3 Å². The first-order chi connectivity index (χ1) is 11.2. The van der Waals surface area contributed by atoms with Gasteiger partial charge in [0.15, 0.2) is 0 Å². The topological polar surface area (TPSA) is 60.5 Å². The summed E-state index contributed by atoms with van der Waals surface area (Å²) in [6.07, 6.45) is 1.69. The Balaban J connectivity index is 1.93. The number of carbonyl (C=O) groups excluding carboxylic acids is 1. The van der Waals surface area contributed by atoms with Gasteiger partial charge in [-0.05, 0) is 48.5 Å². The van der Waals surface area contributed by atoms with Gasteiger partial charge in [0, 0.05) is 17.1 Å². The van der Waals surface area contributed by atoms with Crippen molar-refractivity contribution in [2.24, 2.45) is 0 Å². The van der Waals surface area contributed by atoms with Crippen LogP contribution in [0.15, 0.2) is 54.7 Å². The van der Waals surface area contributed by atoms with Crippen LogP contribution in [-0.4, -0.2) is 25.1 Å². The first-order valence-corrected chi connectivity index (χ1v) is 7.10. The second-order valence-electron chi connectivity index (χ2n) is 4.90. The van der Waals surface area contributed by atoms with Gasteiger partial charge in [0.2, 0.25) is 0 Å². The van der Waals surface area contributed by atoms with Gasteiger partial charge in [0.05, 0.1) is 19.9 Å². The molecule has 116 valence electrons. The average molecular weight is 308 g/mol. The Morgan fingerprint density at radius 2 is 1.78 bits per heavy atom. The molecule has 0 spiro atoms. The fourth-order valence-corrected chi connectivity index (χ4v) is 2.36. The smallest absolute Gasteiger partial charge is 0.255 e. The molecule has 0 radical (unpaired) electrons. The van der Waals surface area contributed by atoms with E-state index in [1.807, 2.05) is 18.2 Å². The Labute approximate surface area is 133 Å². The molecule has 1 amide bonds. The predicted molar refractivity (Wildman–Crippen MR) is 89.2 cm³/mol. The van der Waals surface area contributed by atoms with Crippen LogP contribution in [0, 0.1) is 0 Å². The van der Waals surface area contributed by atoms with Gasteiger partial charge in [0.1, 0.15) is 17.0 Å². The van der Waals surface area contributed by atoms with Gasteiger partial charge in [0.25, 0.3) is 5.91 Å². The third-order valence-corrected chi connectivity index (χ3v) is 3.55. The fourth-order valence-electron chi connectivity index (χ4n) is 2.36. The zero-order valence-electron chi connectivity index (χ0n) is 12.9. The summed E-state index contributed by atoms with van der Waals surface area (Å²) in [7, 11) is 3.19. The standard InChI is InChI=1S/C18H16N2O3/c1-22-13-7-5-12(6-8-13)18(21)20-15-9-10-16(23-2)17-14(15)4-3-11-19-17/h3-11H,1-2H3,(H,20,21). The van der Waals surface area contributed by atoms with E-state index in [2.05, 4.69) is 10.3 Å². The maximum Gasteiger partial charge on any atom is 0.255 e. The highest BCUT2D eigenvalue weighted by atomic mass is 16.5. The summed E-state index contributed by atoms with van der Waals surface area (Å²) in [5.41, 5.74) is 1.95. The molecule has 2 aromatic carbocycles. The van der Waals surface area contributed by atoms with Crippen LogP contribution in [0.2, 0.25) is 0 Å². The van der Waals surface area contributed by atoms with Crippen molar-refractivity contribution in [3.63, 3.8) is 0 Å². The van der Waals surface area contributed by atoms with E-state index in [4.69, 9.17) is 9.47 Å². The van der Waals surface area contributed by atoms with Crippen LogP contribution < -0.4 is 14.8 Å². The quantitative estimate of drug-likeness (QED) is 0.801. The molecule has 0 fully saturated rings. The minimum Gasteiger partial charge on any atom is -0.497 e. The molecule has 0 saturated heterocycles. The number of hydrogen-bond donors (Lipinski definition) is 1. The van der Waals surface area contributed by atoms with Gasteiger partial charge in [-0.2, -0.15) is 0 Å². The van der Waals surface area contributed by atoms with Gasteiger partial charge in [-0.1, -0.05) is 0 Å². The summed E-state index contributed by atoms with van der Waals surface area (Å²) < 4.78 is 10.4. The third-order valence-electron chi connectivity index (χ3n) is 3.55. The van der Waals surface area contributed by atoms with Crippen molar-refractivity contribution >= 4 is 22.5 Å². The number of aromatic nitrogens is 1. The van der Waals surface area contributed by atoms with E-state index in [0.29, 0.717) is 28.3 Å². The minimum absolute atomic E-state index is 0.192. The Bertz CT molecular complexity index is 845. The first-order valence-electron chi connectivity index (χ1n) is 7.10. The maximum atomic E-state index is 12.4. The fraction of sp³-hybridized carbons (Fsp3) is 0.111. The zero-order valence-corrected chi connectivity index (χ0v) is 12.9. The average Bonchev–Trinajstić information content (AvgIpc) is 2.62. The van der Waals surface area contributed by atoms with Gasteiger partial charge >= 0.3 is 0 Å². The molecular formula is C18H16N2O3. The number of rotatable bonds is 4. The van der Waals surface area contributed by atoms with Crippen molar-refractivity contribution in [3.8, 4) is 11.5 Å². The largest absolute Gasteiger partial charge is 0.497 e. The normalized spacial score (nSPS) is 10.3. The number of ether oxygens (including phenoxy) is 2. The molecule has 3 rings (SSSR count). The van der Waals surface area contributed by atoms with Crippen molar-refractivity contribution in [1.29, 1.82) is 0 Å². The molecule has 1 N–H and O–H groups in total. The van der Waals surface area contributed by atoms with Gasteiger partial charge in [-0.3, -0.25) is 9.78 Å². The van der Waals surface area contributed by atoms with E-state index >= 15 is 0 Å². The van der Waals surface area contributed by atoms with Crippen molar-refractivity contribution in [2.75, 3.05) is 19.5 Å². The zero-order chi connectivity index (χ0) is 16.2. The number of pyridine rings is 1. The molecule has 0 atom stereocenters. The summed E-state index contributed by atoms with van der Waals surface area (Å²) in [6.45, 7) is 0. The molecule has 3 aromatic rings. The van der Waals surface area contributed by atoms with Crippen LogP contribution >= 0.6 is 0 Å². The summed E-state index contributed by atoms with van der Waals surface area (Å²) in [5.74, 6) is 1.19. The van der Waals surface area contributed by atoms with Crippen LogP contribution in [0.25, 0.3) is 10.9 Å². The molecule has 0 unspecified atom stereocenters. The van der Waals surface area contributed by atoms with Crippen LogP contribution in [0.5, 0.6) is 11.5 Å². The summed E-state index contributed by atoms with van der Waals surface area (Å²) in [4.78, 5) is 16.7. The number of nitrogens with one attached hydrogen (secondary N) is 1. The minimum atomic E-state index is -0.192. The third kappa shape index (κ3) is 2.94. The van der Waals surface area contributed by atoms with Crippen LogP contribution in [0.4, 0.5) is 5.69 Å². The lowest BCUT2D eigenvalue weighted by Crippen LogP contribution is -2.12. The Morgan fingerprint density at radius 1 is 1.00 bits per heavy atom. The lowest BCUT2D eigenvalue weighted by atomic mass is 10.1. The number of anilines is 1. The second kappa shape index (κ2) is 6.36. The van der Waals surface area contributed by atoms with E-state index < -0.39 is 0 Å². The lowest BCUT2D eigenvalue weighted by Gasteiger charge is -2.11. The molecule has 23 heavy (non-hydrogen) atoms. The highest BCUT2D eigenvalue weighted by molar-refractivity contribution is 6.09. The SMILES string of the molecule is COc1ccc(C(=O)Nc2ccc(OC)c3ncccc23)cc1. The summed E-state index contributed by atoms with van der Waals surface area (Å²) in [6, 6.07) is 14.3. The molecule has 0 saturated carbocycles. The number of methoxy groups -OCH3 is 2. The predicted octanol–water partition coefficient (Wildman–Crippen LogP) is 3.50. The van der Waals surface area contributed by atoms with E-state index in [-0.39, 0.29) is 5.91 Å². The molecule has 1 heterocycles. The summed E-state index contributed by atoms with van der Waals surface area (Å²) >= 11 is 0. The number of fused-ring (bicyclic) bond motifs is 1. The maximum absolute atomic E-state index is 12.4. The Hall–Kier alpha value is -3.08. The number of amides is 1. The molecule has 5 heteroatoms. The molecule has 0 bridgehead atoms. The molecule has 5 nitrogen and oxygen atoms in total. The Morgan fingerprint density at radius 3 is 2.48 bits per heavy atom. The number of carbonyl (C=O) groups is 1. The van der Waals surface area contributed by atoms with E-state index in [0.717, 1.165) is 5.39 Å². The van der Waals surface area contributed by atoms with E-state index in [1.54, 1.807) is 50.7 Å². The molecule has 1 aromatic heterocycles. The van der Waals surface area contributed by atoms with Gasteiger partial charge in [-0.15, -0.1) is 0 Å². The highest BCUT2D eigenvalue weighted by Gasteiger charge is 2.11. The van der Waals surface area contributed by atoms with Crippen LogP contribution in [0.1, 0.15) is 10.4 Å². The van der Waals surface area contributed by atoms with Crippen LogP contribution in [0.3, 0.4) is 0 Å². The van der Waals surface area contributed by atoms with E-state index in [1.165, 1.54) is 0 Å². The Kier molecular flexibility index (Phi) is 4.10. The van der Waals surface area contributed by atoms with Crippen molar-refractivity contribution in [1.82, 2.24) is 4.98 Å². The van der Waals surface area contributed by atoms with Crippen molar-refractivity contribution < 1.29 is 14.3 Å². The molecule has 0 aliphatic carbocycles. The second-order valence-corrected chi connectivity index (χ2v) is 4.90. The number of benzene rings is 2. The molecule has 0 aliphatic heterocycles. The summed E-state index contributed by atoms with van der Waals surface area (Å²) in [5, 5.41) is 3.74. The highest BCUT2D eigenvalue weighted by Crippen LogP contribution is 2.30. The number of nitrogens with zero attached hydrogens (tertiary/aromatic N) is 1. The number of hydrogen-bond acceptors (Lipinski definition) is 4. The first kappa shape index (κ1) is 14.8. The van der Waals surface area contributed by atoms with Crippen LogP contribution in [-0.2, 0) is 0 Å². The molecular weight excluding hydrogens is 292 g/mol. The lowest BCUT2D eigenvalue weighted by molar-refractivity contribution is 0.102. The van der Waals surface area contributed by atoms with Gasteiger partial charge < -0.3 is 14.8 Å². The van der Waals surface area contributed by atoms with E-state index in [9.17, 15) is 4.79 Å². The van der Waals surface area contributed by atoms with Crippen molar-refractivity contribution in [2.45, 2.75) is 0 Å².